The first-order valence-corrected chi connectivity index (χ1v) is 9.82. The number of hydrogen-bond acceptors (Lipinski definition) is 4. The smallest absolute Gasteiger partial charge is 0.226 e. The van der Waals surface area contributed by atoms with E-state index in [-0.39, 0.29) is 30.2 Å². The molecule has 0 bridgehead atoms. The second kappa shape index (κ2) is 8.10. The summed E-state index contributed by atoms with van der Waals surface area (Å²) in [6.45, 7) is 1.33. The first kappa shape index (κ1) is 18.6. The quantitative estimate of drug-likeness (QED) is 0.843. The van der Waals surface area contributed by atoms with E-state index in [0.29, 0.717) is 25.9 Å². The van der Waals surface area contributed by atoms with E-state index in [4.69, 9.17) is 0 Å². The van der Waals surface area contributed by atoms with Gasteiger partial charge >= 0.3 is 0 Å². The summed E-state index contributed by atoms with van der Waals surface area (Å²) in [4.78, 5) is 31.2. The van der Waals surface area contributed by atoms with Gasteiger partial charge in [0.1, 0.15) is 0 Å². The van der Waals surface area contributed by atoms with E-state index in [1.165, 1.54) is 11.1 Å². The minimum Gasteiger partial charge on any atom is -0.391 e. The highest BCUT2D eigenvalue weighted by molar-refractivity contribution is 5.81. The molecule has 0 saturated heterocycles. The van der Waals surface area contributed by atoms with Crippen molar-refractivity contribution in [2.75, 3.05) is 6.54 Å². The van der Waals surface area contributed by atoms with Crippen molar-refractivity contribution in [3.8, 4) is 0 Å². The monoisotopic (exact) mass is 379 g/mol. The highest BCUT2D eigenvalue weighted by Crippen LogP contribution is 2.30. The van der Waals surface area contributed by atoms with Crippen LogP contribution >= 0.6 is 0 Å². The largest absolute Gasteiger partial charge is 0.391 e. The fraction of sp³-hybridized carbons (Fsp3) is 0.409. The molecule has 2 aliphatic rings. The standard InChI is InChI=1S/C22H25N3O3/c26-20-12-18(11-19(20)24-21(27)10-15-4-3-8-23-13-15)22(28)25-9-7-16-5-1-2-6-17(16)14-25/h1-6,8,13,18-20,26H,7,9-12,14H2,(H,24,27)/t18-,19-,20-/m0/s1. The Hall–Kier alpha value is -2.73. The SMILES string of the molecule is O=C(Cc1cccnc1)N[C@H]1C[C@H](C(=O)N2CCc3ccccc3C2)C[C@@H]1O. The van der Waals surface area contributed by atoms with Crippen LogP contribution in [0.1, 0.15) is 29.5 Å². The molecule has 6 heteroatoms. The van der Waals surface area contributed by atoms with Crippen molar-refractivity contribution < 1.29 is 14.7 Å². The number of nitrogens with zero attached hydrogens (tertiary/aromatic N) is 2. The van der Waals surface area contributed by atoms with Crippen molar-refractivity contribution >= 4 is 11.8 Å². The van der Waals surface area contributed by atoms with E-state index in [9.17, 15) is 14.7 Å². The van der Waals surface area contributed by atoms with Gasteiger partial charge in [0.2, 0.25) is 11.8 Å². The van der Waals surface area contributed by atoms with E-state index in [2.05, 4.69) is 22.4 Å². The molecule has 2 N–H and O–H groups in total. The number of carbonyl (C=O) groups is 2. The number of amides is 2. The summed E-state index contributed by atoms with van der Waals surface area (Å²) in [5.74, 6) is -0.321. The number of fused-ring (bicyclic) bond motifs is 1. The normalized spacial score (nSPS) is 23.9. The molecular weight excluding hydrogens is 354 g/mol. The second-order valence-corrected chi connectivity index (χ2v) is 7.73. The Balaban J connectivity index is 1.33. The summed E-state index contributed by atoms with van der Waals surface area (Å²) in [6.07, 6.45) is 4.60. The highest BCUT2D eigenvalue weighted by Gasteiger charge is 2.39. The lowest BCUT2D eigenvalue weighted by molar-refractivity contribution is -0.136. The third kappa shape index (κ3) is 4.07. The zero-order chi connectivity index (χ0) is 19.5. The van der Waals surface area contributed by atoms with Gasteiger partial charge in [0.25, 0.3) is 0 Å². The molecular formula is C22H25N3O3. The summed E-state index contributed by atoms with van der Waals surface area (Å²) in [6, 6.07) is 11.5. The maximum Gasteiger partial charge on any atom is 0.226 e. The Morgan fingerprint density at radius 2 is 1.96 bits per heavy atom. The highest BCUT2D eigenvalue weighted by atomic mass is 16.3. The fourth-order valence-electron chi connectivity index (χ4n) is 4.26. The van der Waals surface area contributed by atoms with Crippen LogP contribution in [0.25, 0.3) is 0 Å². The van der Waals surface area contributed by atoms with Gasteiger partial charge in [-0.2, -0.15) is 0 Å². The Morgan fingerprint density at radius 3 is 2.75 bits per heavy atom. The molecule has 1 aliphatic heterocycles. The van der Waals surface area contributed by atoms with Crippen LogP contribution in [0.15, 0.2) is 48.8 Å². The maximum atomic E-state index is 13.0. The van der Waals surface area contributed by atoms with Crippen molar-refractivity contribution in [3.05, 3.63) is 65.5 Å². The van der Waals surface area contributed by atoms with Gasteiger partial charge in [-0.25, -0.2) is 0 Å². The van der Waals surface area contributed by atoms with Gasteiger partial charge in [0, 0.05) is 31.4 Å². The van der Waals surface area contributed by atoms with Crippen molar-refractivity contribution in [1.82, 2.24) is 15.2 Å². The fourth-order valence-corrected chi connectivity index (χ4v) is 4.26. The topological polar surface area (TPSA) is 82.5 Å². The Morgan fingerprint density at radius 1 is 1.14 bits per heavy atom. The van der Waals surface area contributed by atoms with Crippen LogP contribution < -0.4 is 5.32 Å². The minimum atomic E-state index is -0.691. The number of hydrogen-bond donors (Lipinski definition) is 2. The van der Waals surface area contributed by atoms with Gasteiger partial charge in [-0.05, 0) is 42.0 Å². The summed E-state index contributed by atoms with van der Waals surface area (Å²) in [7, 11) is 0. The van der Waals surface area contributed by atoms with Gasteiger partial charge in [0.05, 0.1) is 18.6 Å². The zero-order valence-corrected chi connectivity index (χ0v) is 15.8. The molecule has 1 aromatic carbocycles. The molecule has 2 amide bonds. The number of aliphatic hydroxyl groups excluding tert-OH is 1. The molecule has 0 unspecified atom stereocenters. The molecule has 146 valence electrons. The van der Waals surface area contributed by atoms with Crippen LogP contribution in [-0.2, 0) is 29.0 Å². The second-order valence-electron chi connectivity index (χ2n) is 7.73. The first-order valence-electron chi connectivity index (χ1n) is 9.82. The lowest BCUT2D eigenvalue weighted by Crippen LogP contribution is -2.41. The molecule has 1 saturated carbocycles. The number of carbonyl (C=O) groups excluding carboxylic acids is 2. The van der Waals surface area contributed by atoms with E-state index in [0.717, 1.165) is 12.0 Å². The third-order valence-electron chi connectivity index (χ3n) is 5.75. The average molecular weight is 379 g/mol. The molecule has 1 aromatic heterocycles. The number of pyridine rings is 1. The lowest BCUT2D eigenvalue weighted by atomic mass is 9.98. The molecule has 2 heterocycles. The predicted octanol–water partition coefficient (Wildman–Crippen LogP) is 1.46. The Labute approximate surface area is 164 Å². The summed E-state index contributed by atoms with van der Waals surface area (Å²) < 4.78 is 0. The van der Waals surface area contributed by atoms with E-state index in [1.54, 1.807) is 18.5 Å². The van der Waals surface area contributed by atoms with Gasteiger partial charge in [0.15, 0.2) is 0 Å². The van der Waals surface area contributed by atoms with Crippen LogP contribution in [0.5, 0.6) is 0 Å². The summed E-state index contributed by atoms with van der Waals surface area (Å²) in [5, 5.41) is 13.3. The Kier molecular flexibility index (Phi) is 5.39. The molecule has 0 radical (unpaired) electrons. The van der Waals surface area contributed by atoms with Crippen LogP contribution in [-0.4, -0.2) is 45.5 Å². The lowest BCUT2D eigenvalue weighted by Gasteiger charge is -2.31. The molecule has 1 fully saturated rings. The summed E-state index contributed by atoms with van der Waals surface area (Å²) >= 11 is 0. The number of nitrogens with one attached hydrogen (secondary N) is 1. The first-order chi connectivity index (χ1) is 13.6. The summed E-state index contributed by atoms with van der Waals surface area (Å²) in [5.41, 5.74) is 3.33. The number of aromatic nitrogens is 1. The van der Waals surface area contributed by atoms with Crippen molar-refractivity contribution in [2.24, 2.45) is 5.92 Å². The van der Waals surface area contributed by atoms with Gasteiger partial charge in [-0.15, -0.1) is 0 Å². The number of benzene rings is 1. The molecule has 2 aromatic rings. The van der Waals surface area contributed by atoms with E-state index in [1.807, 2.05) is 23.1 Å². The number of aliphatic hydroxyl groups is 1. The number of rotatable bonds is 4. The maximum absolute atomic E-state index is 13.0. The Bertz CT molecular complexity index is 855. The third-order valence-corrected chi connectivity index (χ3v) is 5.75. The van der Waals surface area contributed by atoms with Crippen LogP contribution in [0.2, 0.25) is 0 Å². The van der Waals surface area contributed by atoms with E-state index >= 15 is 0 Å². The van der Waals surface area contributed by atoms with E-state index < -0.39 is 6.10 Å². The molecule has 3 atom stereocenters. The van der Waals surface area contributed by atoms with Gasteiger partial charge in [-0.1, -0.05) is 30.3 Å². The molecule has 1 aliphatic carbocycles. The van der Waals surface area contributed by atoms with Crippen molar-refractivity contribution in [3.63, 3.8) is 0 Å². The molecule has 28 heavy (non-hydrogen) atoms. The zero-order valence-electron chi connectivity index (χ0n) is 15.8. The van der Waals surface area contributed by atoms with Crippen LogP contribution in [0.4, 0.5) is 0 Å². The van der Waals surface area contributed by atoms with Gasteiger partial charge in [-0.3, -0.25) is 14.6 Å². The predicted molar refractivity (Wildman–Crippen MR) is 104 cm³/mol. The van der Waals surface area contributed by atoms with Gasteiger partial charge < -0.3 is 15.3 Å². The molecule has 6 nitrogen and oxygen atoms in total. The average Bonchev–Trinajstić information content (AvgIpc) is 3.08. The van der Waals surface area contributed by atoms with Crippen LogP contribution in [0, 0.1) is 5.92 Å². The molecule has 4 rings (SSSR count). The molecule has 0 spiro atoms. The van der Waals surface area contributed by atoms with Crippen molar-refractivity contribution in [1.29, 1.82) is 0 Å². The minimum absolute atomic E-state index is 0.0811. The van der Waals surface area contributed by atoms with Crippen molar-refractivity contribution in [2.45, 2.75) is 44.4 Å². The van der Waals surface area contributed by atoms with Crippen LogP contribution in [0.3, 0.4) is 0 Å².